The number of esters is 2. The highest BCUT2D eigenvalue weighted by Gasteiger charge is 2.05. The lowest BCUT2D eigenvalue weighted by atomic mass is 10.7. The number of hydrogen-bond donors (Lipinski definition) is 1. The number of alkyl halides is 1. The van der Waals surface area contributed by atoms with E-state index < -0.39 is 18.5 Å². The van der Waals surface area contributed by atoms with Crippen molar-refractivity contribution in [3.8, 4) is 0 Å². The van der Waals surface area contributed by atoms with Crippen LogP contribution in [0.4, 0.5) is 0 Å². The van der Waals surface area contributed by atoms with Gasteiger partial charge in [-0.25, -0.2) is 4.79 Å². The molecule has 0 atom stereocenters. The second-order valence-electron chi connectivity index (χ2n) is 1.14. The first-order valence-corrected chi connectivity index (χ1v) is 2.64. The van der Waals surface area contributed by atoms with E-state index in [9.17, 15) is 9.59 Å². The van der Waals surface area contributed by atoms with Crippen LogP contribution in [0.25, 0.3) is 0 Å². The molecule has 0 saturated heterocycles. The molecule has 0 spiro atoms. The molecule has 1 N–H and O–H groups in total. The lowest BCUT2D eigenvalue weighted by Crippen LogP contribution is -2.15. The molecule has 0 aliphatic rings. The Bertz CT molecular complexity index is 108. The summed E-state index contributed by atoms with van der Waals surface area (Å²) in [4.78, 5) is 20.1. The van der Waals surface area contributed by atoms with Crippen LogP contribution in [-0.2, 0) is 14.3 Å². The quantitative estimate of drug-likeness (QED) is 0.323. The minimum absolute atomic E-state index is 0.383. The van der Waals surface area contributed by atoms with E-state index in [0.29, 0.717) is 0 Å². The molecule has 0 aromatic heterocycles. The molecule has 0 aliphatic heterocycles. The van der Waals surface area contributed by atoms with Crippen LogP contribution in [0.1, 0.15) is 0 Å². The normalized spacial score (nSPS) is 8.67. The molecule has 0 heterocycles. The SMILES string of the molecule is O=C(CO)OC(=O)CCl. The van der Waals surface area contributed by atoms with Crippen molar-refractivity contribution in [3.63, 3.8) is 0 Å². The zero-order chi connectivity index (χ0) is 7.28. The van der Waals surface area contributed by atoms with Gasteiger partial charge in [-0.2, -0.15) is 0 Å². The van der Waals surface area contributed by atoms with Gasteiger partial charge in [0.15, 0.2) is 0 Å². The second-order valence-corrected chi connectivity index (χ2v) is 1.41. The third-order valence-electron chi connectivity index (χ3n) is 0.466. The van der Waals surface area contributed by atoms with Gasteiger partial charge in [0, 0.05) is 0 Å². The Labute approximate surface area is 56.4 Å². The first kappa shape index (κ1) is 8.39. The second kappa shape index (κ2) is 4.29. The fourth-order valence-corrected chi connectivity index (χ4v) is 0.241. The molecule has 0 aromatic rings. The van der Waals surface area contributed by atoms with E-state index in [2.05, 4.69) is 4.74 Å². The summed E-state index contributed by atoms with van der Waals surface area (Å²) in [5.41, 5.74) is 0. The molecule has 9 heavy (non-hydrogen) atoms. The number of hydrogen-bond acceptors (Lipinski definition) is 4. The van der Waals surface area contributed by atoms with E-state index in [-0.39, 0.29) is 5.88 Å². The first-order valence-electron chi connectivity index (χ1n) is 2.11. The van der Waals surface area contributed by atoms with Crippen LogP contribution in [0, 0.1) is 0 Å². The van der Waals surface area contributed by atoms with Crippen molar-refractivity contribution in [3.05, 3.63) is 0 Å². The van der Waals surface area contributed by atoms with Gasteiger partial charge in [0.25, 0.3) is 0 Å². The summed E-state index contributed by atoms with van der Waals surface area (Å²) in [6.07, 6.45) is 0. The fourth-order valence-electron chi connectivity index (χ4n) is 0.187. The summed E-state index contributed by atoms with van der Waals surface area (Å²) in [7, 11) is 0. The minimum atomic E-state index is -0.986. The lowest BCUT2D eigenvalue weighted by Gasteiger charge is -1.94. The maximum atomic E-state index is 10.1. The molecular formula is C4H5ClO4. The van der Waals surface area contributed by atoms with Crippen LogP contribution < -0.4 is 0 Å². The molecule has 0 unspecified atom stereocenters. The summed E-state index contributed by atoms with van der Waals surface area (Å²) >= 11 is 4.94. The standard InChI is InChI=1S/C4H5ClO4/c5-1-3(7)9-4(8)2-6/h6H,1-2H2. The number of aliphatic hydroxyl groups is 1. The third-order valence-corrected chi connectivity index (χ3v) is 0.684. The Balaban J connectivity index is 3.47. The van der Waals surface area contributed by atoms with Crippen molar-refractivity contribution in [1.82, 2.24) is 0 Å². The van der Waals surface area contributed by atoms with Crippen molar-refractivity contribution in [1.29, 1.82) is 0 Å². The van der Waals surface area contributed by atoms with Crippen LogP contribution in [0.5, 0.6) is 0 Å². The first-order chi connectivity index (χ1) is 4.20. The number of halogens is 1. The topological polar surface area (TPSA) is 63.6 Å². The van der Waals surface area contributed by atoms with Gasteiger partial charge in [-0.1, -0.05) is 0 Å². The minimum Gasteiger partial charge on any atom is -0.391 e. The van der Waals surface area contributed by atoms with Crippen molar-refractivity contribution in [2.24, 2.45) is 0 Å². The van der Waals surface area contributed by atoms with Crippen LogP contribution in [0.15, 0.2) is 0 Å². The number of carbonyl (C=O) groups is 2. The summed E-state index contributed by atoms with van der Waals surface area (Å²) in [5.74, 6) is -2.22. The Morgan fingerprint density at radius 2 is 2.00 bits per heavy atom. The highest BCUT2D eigenvalue weighted by atomic mass is 35.5. The van der Waals surface area contributed by atoms with Crippen molar-refractivity contribution in [2.45, 2.75) is 0 Å². The van der Waals surface area contributed by atoms with Gasteiger partial charge >= 0.3 is 11.9 Å². The third kappa shape index (κ3) is 3.93. The number of ether oxygens (including phenoxy) is 1. The van der Waals surface area contributed by atoms with Gasteiger partial charge in [0.1, 0.15) is 12.5 Å². The van der Waals surface area contributed by atoms with E-state index in [1.807, 2.05) is 0 Å². The van der Waals surface area contributed by atoms with E-state index in [1.54, 1.807) is 0 Å². The van der Waals surface area contributed by atoms with E-state index >= 15 is 0 Å². The smallest absolute Gasteiger partial charge is 0.339 e. The number of aliphatic hydroxyl groups excluding tert-OH is 1. The molecule has 0 radical (unpaired) electrons. The van der Waals surface area contributed by atoms with Gasteiger partial charge < -0.3 is 9.84 Å². The van der Waals surface area contributed by atoms with Crippen LogP contribution in [-0.4, -0.2) is 29.5 Å². The summed E-state index contributed by atoms with van der Waals surface area (Å²) < 4.78 is 3.89. The van der Waals surface area contributed by atoms with Crippen molar-refractivity contribution < 1.29 is 19.4 Å². The Hall–Kier alpha value is -0.610. The molecule has 0 aliphatic carbocycles. The van der Waals surface area contributed by atoms with E-state index in [4.69, 9.17) is 16.7 Å². The molecule has 0 aromatic carbocycles. The average molecular weight is 153 g/mol. The zero-order valence-electron chi connectivity index (χ0n) is 4.46. The van der Waals surface area contributed by atoms with Gasteiger partial charge in [0.2, 0.25) is 0 Å². The number of carbonyl (C=O) groups excluding carboxylic acids is 2. The van der Waals surface area contributed by atoms with E-state index in [0.717, 1.165) is 0 Å². The fraction of sp³-hybridized carbons (Fsp3) is 0.500. The van der Waals surface area contributed by atoms with Crippen LogP contribution >= 0.6 is 11.6 Å². The molecule has 0 saturated carbocycles. The largest absolute Gasteiger partial charge is 0.391 e. The zero-order valence-corrected chi connectivity index (χ0v) is 5.22. The Morgan fingerprint density at radius 1 is 1.44 bits per heavy atom. The summed E-state index contributed by atoms with van der Waals surface area (Å²) in [6, 6.07) is 0. The Kier molecular flexibility index (Phi) is 4.00. The molecule has 0 bridgehead atoms. The predicted molar refractivity (Wildman–Crippen MR) is 28.9 cm³/mol. The molecule has 4 nitrogen and oxygen atoms in total. The predicted octanol–water partition coefficient (Wildman–Crippen LogP) is -0.713. The van der Waals surface area contributed by atoms with Crippen molar-refractivity contribution >= 4 is 23.5 Å². The molecule has 5 heteroatoms. The maximum Gasteiger partial charge on any atom is 0.339 e. The monoisotopic (exact) mass is 152 g/mol. The van der Waals surface area contributed by atoms with E-state index in [1.165, 1.54) is 0 Å². The summed E-state index contributed by atoms with van der Waals surface area (Å²) in [5, 5.41) is 8.01. The molecule has 0 fully saturated rings. The average Bonchev–Trinajstić information content (AvgIpc) is 1.87. The van der Waals surface area contributed by atoms with Gasteiger partial charge in [-0.3, -0.25) is 4.79 Å². The molecule has 0 rings (SSSR count). The molecule has 0 amide bonds. The Morgan fingerprint density at radius 3 is 2.33 bits per heavy atom. The van der Waals surface area contributed by atoms with Gasteiger partial charge in [0.05, 0.1) is 0 Å². The van der Waals surface area contributed by atoms with Crippen molar-refractivity contribution in [2.75, 3.05) is 12.5 Å². The van der Waals surface area contributed by atoms with Crippen LogP contribution in [0.2, 0.25) is 0 Å². The van der Waals surface area contributed by atoms with Gasteiger partial charge in [-0.15, -0.1) is 11.6 Å². The van der Waals surface area contributed by atoms with Gasteiger partial charge in [-0.05, 0) is 0 Å². The number of rotatable bonds is 2. The molecule has 52 valence electrons. The van der Waals surface area contributed by atoms with Crippen LogP contribution in [0.3, 0.4) is 0 Å². The highest BCUT2D eigenvalue weighted by Crippen LogP contribution is 1.82. The lowest BCUT2D eigenvalue weighted by molar-refractivity contribution is -0.159. The molecular weight excluding hydrogens is 147 g/mol. The maximum absolute atomic E-state index is 10.1. The summed E-state index contributed by atoms with van der Waals surface area (Å²) in [6.45, 7) is -0.803. The highest BCUT2D eigenvalue weighted by molar-refractivity contribution is 6.27.